The molecule has 31 heavy (non-hydrogen) atoms. The van der Waals surface area contributed by atoms with Crippen molar-refractivity contribution in [1.82, 2.24) is 24.5 Å². The van der Waals surface area contributed by atoms with Crippen LogP contribution in [0.3, 0.4) is 0 Å². The number of aryl methyl sites for hydroxylation is 1. The number of amides is 1. The lowest BCUT2D eigenvalue weighted by Crippen LogP contribution is -2.28. The average molecular weight is 436 g/mol. The molecule has 0 N–H and O–H groups in total. The van der Waals surface area contributed by atoms with Crippen molar-refractivity contribution in [3.05, 3.63) is 89.5 Å². The molecule has 4 aromatic rings. The molecule has 0 saturated heterocycles. The second-order valence-electron chi connectivity index (χ2n) is 7.13. The number of aromatic nitrogens is 4. The summed E-state index contributed by atoms with van der Waals surface area (Å²) in [6.07, 6.45) is 3.28. The number of ether oxygens (including phenoxy) is 1. The highest BCUT2D eigenvalue weighted by atomic mass is 35.5. The summed E-state index contributed by atoms with van der Waals surface area (Å²) in [4.78, 5) is 14.2. The summed E-state index contributed by atoms with van der Waals surface area (Å²) in [5.41, 5.74) is 3.38. The Kier molecular flexibility index (Phi) is 6.04. The van der Waals surface area contributed by atoms with Gasteiger partial charge in [0.05, 0.1) is 23.5 Å². The van der Waals surface area contributed by atoms with Crippen LogP contribution in [-0.2, 0) is 20.3 Å². The van der Waals surface area contributed by atoms with E-state index in [0.717, 1.165) is 22.6 Å². The first kappa shape index (κ1) is 20.7. The van der Waals surface area contributed by atoms with Gasteiger partial charge < -0.3 is 9.64 Å². The predicted octanol–water partition coefficient (Wildman–Crippen LogP) is 4.25. The number of halogens is 1. The van der Waals surface area contributed by atoms with Gasteiger partial charge in [-0.3, -0.25) is 9.48 Å². The largest absolute Gasteiger partial charge is 0.471 e. The van der Waals surface area contributed by atoms with E-state index < -0.39 is 0 Å². The fraction of sp³-hybridized carbons (Fsp3) is 0.174. The van der Waals surface area contributed by atoms with E-state index in [1.165, 1.54) is 0 Å². The van der Waals surface area contributed by atoms with E-state index in [4.69, 9.17) is 16.3 Å². The lowest BCUT2D eigenvalue weighted by molar-refractivity contribution is 0.0774. The molecule has 7 nitrogen and oxygen atoms in total. The zero-order chi connectivity index (χ0) is 21.8. The van der Waals surface area contributed by atoms with Gasteiger partial charge in [0.25, 0.3) is 5.91 Å². The Hall–Kier alpha value is -3.58. The van der Waals surface area contributed by atoms with Crippen LogP contribution >= 0.6 is 11.6 Å². The molecule has 0 saturated carbocycles. The van der Waals surface area contributed by atoms with Gasteiger partial charge in [-0.1, -0.05) is 54.1 Å². The highest BCUT2D eigenvalue weighted by Crippen LogP contribution is 2.22. The Morgan fingerprint density at radius 2 is 1.77 bits per heavy atom. The predicted molar refractivity (Wildman–Crippen MR) is 119 cm³/mol. The van der Waals surface area contributed by atoms with Gasteiger partial charge in [-0.2, -0.15) is 10.2 Å². The molecule has 2 heterocycles. The van der Waals surface area contributed by atoms with E-state index >= 15 is 0 Å². The summed E-state index contributed by atoms with van der Waals surface area (Å²) in [5, 5.41) is 8.95. The first-order valence-electron chi connectivity index (χ1n) is 9.75. The van der Waals surface area contributed by atoms with Crippen LogP contribution in [0.15, 0.2) is 73.1 Å². The van der Waals surface area contributed by atoms with Crippen molar-refractivity contribution in [2.75, 3.05) is 7.05 Å². The van der Waals surface area contributed by atoms with Gasteiger partial charge in [0.1, 0.15) is 5.75 Å². The molecule has 0 unspecified atom stereocenters. The molecule has 0 aliphatic carbocycles. The third kappa shape index (κ3) is 4.78. The van der Waals surface area contributed by atoms with Crippen LogP contribution < -0.4 is 4.74 Å². The standard InChI is InChI=1S/C23H22ClN5O2/c1-27(15-22-20(24)14-25-28(22)2)23(30)21-12-13-29(26-21)16-31-19-10-8-18(9-11-19)17-6-4-3-5-7-17/h3-14H,15-16H2,1-2H3. The summed E-state index contributed by atoms with van der Waals surface area (Å²) in [6.45, 7) is 0.542. The van der Waals surface area contributed by atoms with E-state index in [1.807, 2.05) is 42.5 Å². The average Bonchev–Trinajstić information content (AvgIpc) is 3.40. The Morgan fingerprint density at radius 3 is 2.45 bits per heavy atom. The molecule has 158 valence electrons. The van der Waals surface area contributed by atoms with E-state index in [2.05, 4.69) is 22.3 Å². The molecule has 0 radical (unpaired) electrons. The molecule has 8 heteroatoms. The van der Waals surface area contributed by atoms with Gasteiger partial charge in [-0.15, -0.1) is 0 Å². The molecule has 1 amide bonds. The normalized spacial score (nSPS) is 10.8. The third-order valence-electron chi connectivity index (χ3n) is 4.93. The fourth-order valence-electron chi connectivity index (χ4n) is 3.17. The van der Waals surface area contributed by atoms with Crippen molar-refractivity contribution in [3.8, 4) is 16.9 Å². The van der Waals surface area contributed by atoms with Gasteiger partial charge in [0.2, 0.25) is 0 Å². The zero-order valence-corrected chi connectivity index (χ0v) is 18.0. The van der Waals surface area contributed by atoms with Crippen LogP contribution in [-0.4, -0.2) is 37.4 Å². The molecule has 0 aliphatic heterocycles. The molecular formula is C23H22ClN5O2. The molecule has 0 aliphatic rings. The summed E-state index contributed by atoms with van der Waals surface area (Å²) < 4.78 is 9.04. The molecule has 0 spiro atoms. The van der Waals surface area contributed by atoms with Crippen molar-refractivity contribution >= 4 is 17.5 Å². The number of hydrogen-bond acceptors (Lipinski definition) is 4. The summed E-state index contributed by atoms with van der Waals surface area (Å²) in [6, 6.07) is 19.7. The quantitative estimate of drug-likeness (QED) is 0.435. The number of hydrogen-bond donors (Lipinski definition) is 0. The van der Waals surface area contributed by atoms with Gasteiger partial charge in [-0.25, -0.2) is 4.68 Å². The van der Waals surface area contributed by atoms with Gasteiger partial charge in [-0.05, 0) is 29.3 Å². The minimum Gasteiger partial charge on any atom is -0.471 e. The lowest BCUT2D eigenvalue weighted by Gasteiger charge is -2.16. The first-order chi connectivity index (χ1) is 15.0. The molecule has 0 fully saturated rings. The van der Waals surface area contributed by atoms with E-state index in [9.17, 15) is 4.79 Å². The summed E-state index contributed by atoms with van der Waals surface area (Å²) in [5.74, 6) is 0.522. The summed E-state index contributed by atoms with van der Waals surface area (Å²) >= 11 is 6.13. The van der Waals surface area contributed by atoms with Crippen molar-refractivity contribution in [2.24, 2.45) is 7.05 Å². The second-order valence-corrected chi connectivity index (χ2v) is 7.54. The second kappa shape index (κ2) is 9.06. The molecular weight excluding hydrogens is 414 g/mol. The van der Waals surface area contributed by atoms with E-state index in [-0.39, 0.29) is 12.6 Å². The molecule has 2 aromatic carbocycles. The van der Waals surface area contributed by atoms with Gasteiger partial charge in [0.15, 0.2) is 12.4 Å². The number of rotatable bonds is 7. The molecule has 2 aromatic heterocycles. The minimum atomic E-state index is -0.205. The maximum absolute atomic E-state index is 12.7. The van der Waals surface area contributed by atoms with E-state index in [1.54, 1.807) is 46.8 Å². The highest BCUT2D eigenvalue weighted by Gasteiger charge is 2.18. The van der Waals surface area contributed by atoms with Gasteiger partial charge in [0, 0.05) is 20.3 Å². The Labute approximate surface area is 185 Å². The van der Waals surface area contributed by atoms with Crippen LogP contribution in [0.25, 0.3) is 11.1 Å². The molecule has 4 rings (SSSR count). The van der Waals surface area contributed by atoms with Crippen molar-refractivity contribution < 1.29 is 9.53 Å². The summed E-state index contributed by atoms with van der Waals surface area (Å²) in [7, 11) is 3.49. The monoisotopic (exact) mass is 435 g/mol. The van der Waals surface area contributed by atoms with Crippen LogP contribution in [0, 0.1) is 0 Å². The zero-order valence-electron chi connectivity index (χ0n) is 17.3. The minimum absolute atomic E-state index is 0.204. The highest BCUT2D eigenvalue weighted by molar-refractivity contribution is 6.31. The van der Waals surface area contributed by atoms with Crippen LogP contribution in [0.2, 0.25) is 5.02 Å². The Morgan fingerprint density at radius 1 is 1.06 bits per heavy atom. The Balaban J connectivity index is 1.35. The number of carbonyl (C=O) groups excluding carboxylic acids is 1. The lowest BCUT2D eigenvalue weighted by atomic mass is 10.1. The van der Waals surface area contributed by atoms with Crippen molar-refractivity contribution in [1.29, 1.82) is 0 Å². The van der Waals surface area contributed by atoms with Crippen molar-refractivity contribution in [2.45, 2.75) is 13.3 Å². The third-order valence-corrected chi connectivity index (χ3v) is 5.24. The van der Waals surface area contributed by atoms with Crippen LogP contribution in [0.1, 0.15) is 16.2 Å². The fourth-order valence-corrected chi connectivity index (χ4v) is 3.39. The van der Waals surface area contributed by atoms with Gasteiger partial charge >= 0.3 is 0 Å². The number of benzene rings is 2. The first-order valence-corrected chi connectivity index (χ1v) is 10.1. The topological polar surface area (TPSA) is 65.2 Å². The number of nitrogens with zero attached hydrogens (tertiary/aromatic N) is 5. The Bertz CT molecular complexity index is 1150. The van der Waals surface area contributed by atoms with E-state index in [0.29, 0.717) is 17.3 Å². The van der Waals surface area contributed by atoms with Crippen LogP contribution in [0.5, 0.6) is 5.75 Å². The van der Waals surface area contributed by atoms with Crippen LogP contribution in [0.4, 0.5) is 0 Å². The maximum Gasteiger partial charge on any atom is 0.274 e. The smallest absolute Gasteiger partial charge is 0.274 e. The van der Waals surface area contributed by atoms with Crippen molar-refractivity contribution in [3.63, 3.8) is 0 Å². The maximum atomic E-state index is 12.7. The number of carbonyl (C=O) groups is 1. The SMILES string of the molecule is CN(Cc1c(Cl)cnn1C)C(=O)c1ccn(COc2ccc(-c3ccccc3)cc2)n1. The molecule has 0 atom stereocenters. The molecule has 0 bridgehead atoms.